The first-order valence-corrected chi connectivity index (χ1v) is 6.92. The fourth-order valence-corrected chi connectivity index (χ4v) is 2.25. The number of non-ortho nitro benzene ring substituents is 1. The summed E-state index contributed by atoms with van der Waals surface area (Å²) in [5.74, 6) is -0.236. The van der Waals surface area contributed by atoms with Crippen molar-refractivity contribution in [3.8, 4) is 0 Å². The number of thioether (sulfide) groups is 1. The van der Waals surface area contributed by atoms with Crippen LogP contribution < -0.4 is 5.32 Å². The Balaban J connectivity index is 1.96. The number of hydrogen-bond donors (Lipinski definition) is 1. The van der Waals surface area contributed by atoms with E-state index in [-0.39, 0.29) is 22.4 Å². The van der Waals surface area contributed by atoms with Crippen molar-refractivity contribution in [1.29, 1.82) is 0 Å². The number of tetrazole rings is 1. The maximum atomic E-state index is 11.8. The number of nitro groups is 1. The van der Waals surface area contributed by atoms with Gasteiger partial charge in [0.1, 0.15) is 0 Å². The lowest BCUT2D eigenvalue weighted by atomic mass is 10.3. The van der Waals surface area contributed by atoms with Gasteiger partial charge in [0.25, 0.3) is 5.69 Å². The third-order valence-corrected chi connectivity index (χ3v) is 3.67. The molecule has 21 heavy (non-hydrogen) atoms. The SMILES string of the molecule is Cn1nnnc1SCC(=O)Nc1ccc([N+](=O)[O-])cc1Cl. The normalized spacial score (nSPS) is 10.4. The molecule has 110 valence electrons. The monoisotopic (exact) mass is 328 g/mol. The highest BCUT2D eigenvalue weighted by Gasteiger charge is 2.12. The van der Waals surface area contributed by atoms with Crippen LogP contribution in [0, 0.1) is 10.1 Å². The first-order valence-electron chi connectivity index (χ1n) is 5.56. The Hall–Kier alpha value is -2.20. The fraction of sp³-hybridized carbons (Fsp3) is 0.200. The summed E-state index contributed by atoms with van der Waals surface area (Å²) in [5.41, 5.74) is 0.168. The van der Waals surface area contributed by atoms with Crippen molar-refractivity contribution in [3.63, 3.8) is 0 Å². The van der Waals surface area contributed by atoms with E-state index in [1.807, 2.05) is 0 Å². The van der Waals surface area contributed by atoms with E-state index in [0.717, 1.165) is 11.8 Å². The molecule has 0 fully saturated rings. The number of nitrogens with zero attached hydrogens (tertiary/aromatic N) is 5. The van der Waals surface area contributed by atoms with Gasteiger partial charge in [-0.3, -0.25) is 14.9 Å². The van der Waals surface area contributed by atoms with Gasteiger partial charge in [0.05, 0.1) is 21.4 Å². The first kappa shape index (κ1) is 15.2. The molecule has 1 heterocycles. The summed E-state index contributed by atoms with van der Waals surface area (Å²) < 4.78 is 1.44. The second-order valence-corrected chi connectivity index (χ2v) is 5.19. The van der Waals surface area contributed by atoms with E-state index < -0.39 is 4.92 Å². The minimum Gasteiger partial charge on any atom is -0.324 e. The maximum Gasteiger partial charge on any atom is 0.271 e. The average molecular weight is 329 g/mol. The van der Waals surface area contributed by atoms with Crippen LogP contribution in [0.3, 0.4) is 0 Å². The van der Waals surface area contributed by atoms with Gasteiger partial charge in [0.2, 0.25) is 11.1 Å². The van der Waals surface area contributed by atoms with Gasteiger partial charge in [0.15, 0.2) is 0 Å². The number of rotatable bonds is 5. The van der Waals surface area contributed by atoms with E-state index in [2.05, 4.69) is 20.8 Å². The Morgan fingerprint density at radius 3 is 2.90 bits per heavy atom. The minimum atomic E-state index is -0.561. The zero-order chi connectivity index (χ0) is 15.4. The van der Waals surface area contributed by atoms with Gasteiger partial charge in [-0.15, -0.1) is 5.10 Å². The zero-order valence-electron chi connectivity index (χ0n) is 10.7. The molecule has 1 N–H and O–H groups in total. The molecule has 0 aliphatic heterocycles. The number of nitrogens with one attached hydrogen (secondary N) is 1. The van der Waals surface area contributed by atoms with Crippen LogP contribution in [0.25, 0.3) is 0 Å². The quantitative estimate of drug-likeness (QED) is 0.502. The van der Waals surface area contributed by atoms with Crippen LogP contribution in [0.4, 0.5) is 11.4 Å². The highest BCUT2D eigenvalue weighted by molar-refractivity contribution is 7.99. The number of carbonyl (C=O) groups excluding carboxylic acids is 1. The van der Waals surface area contributed by atoms with Crippen LogP contribution >= 0.6 is 23.4 Å². The summed E-state index contributed by atoms with van der Waals surface area (Å²) in [7, 11) is 1.66. The molecule has 11 heteroatoms. The largest absolute Gasteiger partial charge is 0.324 e. The summed E-state index contributed by atoms with van der Waals surface area (Å²) in [5, 5.41) is 24.6. The van der Waals surface area contributed by atoms with Crippen molar-refractivity contribution in [3.05, 3.63) is 33.3 Å². The van der Waals surface area contributed by atoms with E-state index in [1.54, 1.807) is 7.05 Å². The molecular weight excluding hydrogens is 320 g/mol. The second kappa shape index (κ2) is 6.50. The van der Waals surface area contributed by atoms with E-state index in [0.29, 0.717) is 10.8 Å². The van der Waals surface area contributed by atoms with Gasteiger partial charge in [-0.25, -0.2) is 4.68 Å². The van der Waals surface area contributed by atoms with Crippen LogP contribution in [0.15, 0.2) is 23.4 Å². The van der Waals surface area contributed by atoms with Crippen LogP contribution in [0.2, 0.25) is 5.02 Å². The van der Waals surface area contributed by atoms with Crippen LogP contribution in [-0.4, -0.2) is 36.8 Å². The standard InChI is InChI=1S/C10H9ClN6O3S/c1-16-10(13-14-15-16)21-5-9(18)12-8-3-2-6(17(19)20)4-7(8)11/h2-4H,5H2,1H3,(H,12,18). The highest BCUT2D eigenvalue weighted by atomic mass is 35.5. The van der Waals surface area contributed by atoms with Crippen molar-refractivity contribution < 1.29 is 9.72 Å². The minimum absolute atomic E-state index is 0.0849. The van der Waals surface area contributed by atoms with Gasteiger partial charge < -0.3 is 5.32 Å². The summed E-state index contributed by atoms with van der Waals surface area (Å²) in [4.78, 5) is 21.8. The maximum absolute atomic E-state index is 11.8. The summed E-state index contributed by atoms with van der Waals surface area (Å²) in [6.07, 6.45) is 0. The Kier molecular flexibility index (Phi) is 4.70. The van der Waals surface area contributed by atoms with Crippen LogP contribution in [0.5, 0.6) is 0 Å². The van der Waals surface area contributed by atoms with Crippen molar-refractivity contribution in [2.45, 2.75) is 5.16 Å². The van der Waals surface area contributed by atoms with E-state index in [1.165, 1.54) is 22.9 Å². The van der Waals surface area contributed by atoms with Crippen molar-refractivity contribution in [2.24, 2.45) is 7.05 Å². The molecule has 9 nitrogen and oxygen atoms in total. The molecule has 0 bridgehead atoms. The molecule has 0 spiro atoms. The molecule has 1 aromatic carbocycles. The number of nitro benzene ring substituents is 1. The Bertz CT molecular complexity index is 691. The smallest absolute Gasteiger partial charge is 0.271 e. The molecule has 0 saturated heterocycles. The van der Waals surface area contributed by atoms with Crippen molar-refractivity contribution in [1.82, 2.24) is 20.2 Å². The number of amides is 1. The lowest BCUT2D eigenvalue weighted by Crippen LogP contribution is -2.14. The number of hydrogen-bond acceptors (Lipinski definition) is 7. The lowest BCUT2D eigenvalue weighted by Gasteiger charge is -2.06. The molecule has 0 atom stereocenters. The van der Waals surface area contributed by atoms with E-state index >= 15 is 0 Å². The second-order valence-electron chi connectivity index (χ2n) is 3.84. The van der Waals surface area contributed by atoms with E-state index in [4.69, 9.17) is 11.6 Å². The molecule has 1 amide bonds. The van der Waals surface area contributed by atoms with Crippen molar-refractivity contribution in [2.75, 3.05) is 11.1 Å². The number of aromatic nitrogens is 4. The number of carbonyl (C=O) groups is 1. The molecule has 0 unspecified atom stereocenters. The zero-order valence-corrected chi connectivity index (χ0v) is 12.3. The Morgan fingerprint density at radius 2 is 2.33 bits per heavy atom. The third kappa shape index (κ3) is 3.89. The molecule has 2 aromatic rings. The topological polar surface area (TPSA) is 116 Å². The lowest BCUT2D eigenvalue weighted by molar-refractivity contribution is -0.384. The number of anilines is 1. The third-order valence-electron chi connectivity index (χ3n) is 2.35. The highest BCUT2D eigenvalue weighted by Crippen LogP contribution is 2.26. The predicted octanol–water partition coefficient (Wildman–Crippen LogP) is 1.50. The van der Waals surface area contributed by atoms with Crippen molar-refractivity contribution >= 4 is 40.6 Å². The molecule has 0 aliphatic carbocycles. The fourth-order valence-electron chi connectivity index (χ4n) is 1.38. The van der Waals surface area contributed by atoms with Gasteiger partial charge >= 0.3 is 0 Å². The number of benzene rings is 1. The number of aryl methyl sites for hydroxylation is 1. The van der Waals surface area contributed by atoms with Crippen LogP contribution in [0.1, 0.15) is 0 Å². The summed E-state index contributed by atoms with van der Waals surface area (Å²) in [6.45, 7) is 0. The molecule has 0 radical (unpaired) electrons. The molecule has 0 aliphatic rings. The van der Waals surface area contributed by atoms with E-state index in [9.17, 15) is 14.9 Å². The van der Waals surface area contributed by atoms with Gasteiger partial charge in [0, 0.05) is 19.2 Å². The van der Waals surface area contributed by atoms with Gasteiger partial charge in [-0.2, -0.15) is 0 Å². The molecular formula is C10H9ClN6O3S. The predicted molar refractivity (Wildman–Crippen MR) is 76.3 cm³/mol. The summed E-state index contributed by atoms with van der Waals surface area (Å²) in [6, 6.07) is 3.82. The van der Waals surface area contributed by atoms with Gasteiger partial charge in [-0.05, 0) is 16.5 Å². The molecule has 2 rings (SSSR count). The Morgan fingerprint density at radius 1 is 1.57 bits per heavy atom. The molecule has 1 aromatic heterocycles. The van der Waals surface area contributed by atoms with Crippen LogP contribution in [-0.2, 0) is 11.8 Å². The van der Waals surface area contributed by atoms with Gasteiger partial charge in [-0.1, -0.05) is 23.4 Å². The first-order chi connectivity index (χ1) is 9.97. The summed E-state index contributed by atoms with van der Waals surface area (Å²) >= 11 is 7.04. The number of halogens is 1. The average Bonchev–Trinajstić information content (AvgIpc) is 2.84. The Labute approximate surface area is 127 Å². The molecule has 0 saturated carbocycles.